The van der Waals surface area contributed by atoms with E-state index in [9.17, 15) is 4.79 Å². The van der Waals surface area contributed by atoms with Gasteiger partial charge in [-0.05, 0) is 80.9 Å². The van der Waals surface area contributed by atoms with Crippen LogP contribution >= 0.6 is 0 Å². The van der Waals surface area contributed by atoms with E-state index in [-0.39, 0.29) is 11.3 Å². The van der Waals surface area contributed by atoms with Gasteiger partial charge in [0.05, 0.1) is 6.33 Å². The van der Waals surface area contributed by atoms with Crippen LogP contribution in [-0.4, -0.2) is 15.5 Å². The zero-order valence-corrected chi connectivity index (χ0v) is 20.4. The second kappa shape index (κ2) is 11.0. The predicted molar refractivity (Wildman–Crippen MR) is 138 cm³/mol. The van der Waals surface area contributed by atoms with Gasteiger partial charge in [0.15, 0.2) is 0 Å². The van der Waals surface area contributed by atoms with Crippen molar-refractivity contribution >= 4 is 11.6 Å². The second-order valence-corrected chi connectivity index (χ2v) is 9.43. The van der Waals surface area contributed by atoms with Crippen molar-refractivity contribution in [2.75, 3.05) is 5.32 Å². The summed E-state index contributed by atoms with van der Waals surface area (Å²) in [5.41, 5.74) is 7.05. The van der Waals surface area contributed by atoms with Crippen LogP contribution in [0.4, 0.5) is 5.69 Å². The number of benzene rings is 1. The molecule has 1 aliphatic rings. The molecule has 0 saturated heterocycles. The van der Waals surface area contributed by atoms with Gasteiger partial charge in [0.1, 0.15) is 0 Å². The smallest absolute Gasteiger partial charge is 0.248 e. The number of amides is 1. The number of imidazole rings is 1. The van der Waals surface area contributed by atoms with Crippen LogP contribution in [0.5, 0.6) is 0 Å². The van der Waals surface area contributed by atoms with Gasteiger partial charge in [-0.3, -0.25) is 4.79 Å². The predicted octanol–water partition coefficient (Wildman–Crippen LogP) is 7.34. The standard InChI is InChI=1S/C29H35N3O/c1-22(11-16-27-24(3)10-7-17-29(27,4)5)8-6-9-23(2)20-28(33)31-25-12-14-26(15-13-25)32-19-18-30-21-32/h6,8-9,11-16,18-21H,7,10,17H2,1-5H3,(H,31,33)/b9-6+,16-11+,22-8+,23-20+. The summed E-state index contributed by atoms with van der Waals surface area (Å²) in [6, 6.07) is 7.66. The van der Waals surface area contributed by atoms with Gasteiger partial charge >= 0.3 is 0 Å². The summed E-state index contributed by atoms with van der Waals surface area (Å²) in [5, 5.41) is 2.91. The van der Waals surface area contributed by atoms with E-state index in [1.54, 1.807) is 18.6 Å². The molecule has 0 spiro atoms. The molecule has 0 atom stereocenters. The Morgan fingerprint density at radius 3 is 2.55 bits per heavy atom. The third-order valence-corrected chi connectivity index (χ3v) is 6.07. The molecule has 0 unspecified atom stereocenters. The molecule has 1 aliphatic carbocycles. The van der Waals surface area contributed by atoms with Crippen LogP contribution < -0.4 is 5.32 Å². The van der Waals surface area contributed by atoms with E-state index in [1.807, 2.05) is 54.1 Å². The van der Waals surface area contributed by atoms with E-state index < -0.39 is 0 Å². The Kier molecular flexibility index (Phi) is 8.05. The summed E-state index contributed by atoms with van der Waals surface area (Å²) in [4.78, 5) is 16.4. The maximum atomic E-state index is 12.3. The van der Waals surface area contributed by atoms with Crippen molar-refractivity contribution in [1.82, 2.24) is 9.55 Å². The summed E-state index contributed by atoms with van der Waals surface area (Å²) in [6.07, 6.45) is 21.2. The molecule has 1 aromatic carbocycles. The van der Waals surface area contributed by atoms with Crippen molar-refractivity contribution in [3.63, 3.8) is 0 Å². The van der Waals surface area contributed by atoms with Crippen LogP contribution in [0, 0.1) is 5.41 Å². The molecule has 1 heterocycles. The van der Waals surface area contributed by atoms with Crippen molar-refractivity contribution < 1.29 is 4.79 Å². The van der Waals surface area contributed by atoms with Gasteiger partial charge in [0.2, 0.25) is 5.91 Å². The largest absolute Gasteiger partial charge is 0.323 e. The van der Waals surface area contributed by atoms with Crippen molar-refractivity contribution in [2.45, 2.75) is 53.9 Å². The molecular formula is C29H35N3O. The maximum Gasteiger partial charge on any atom is 0.248 e. The minimum atomic E-state index is -0.143. The molecule has 1 N–H and O–H groups in total. The highest BCUT2D eigenvalue weighted by molar-refractivity contribution is 6.00. The van der Waals surface area contributed by atoms with E-state index in [1.165, 1.54) is 36.0 Å². The van der Waals surface area contributed by atoms with Crippen molar-refractivity contribution in [3.8, 4) is 5.69 Å². The lowest BCUT2D eigenvalue weighted by atomic mass is 9.72. The fourth-order valence-electron chi connectivity index (χ4n) is 4.19. The first-order valence-corrected chi connectivity index (χ1v) is 11.6. The molecular weight excluding hydrogens is 406 g/mol. The highest BCUT2D eigenvalue weighted by Crippen LogP contribution is 2.40. The number of aromatic nitrogens is 2. The normalized spacial score (nSPS) is 17.2. The Balaban J connectivity index is 1.55. The van der Waals surface area contributed by atoms with Crippen LogP contribution in [0.25, 0.3) is 5.69 Å². The Morgan fingerprint density at radius 2 is 1.88 bits per heavy atom. The van der Waals surface area contributed by atoms with Crippen LogP contribution in [0.3, 0.4) is 0 Å². The summed E-state index contributed by atoms with van der Waals surface area (Å²) >= 11 is 0. The molecule has 0 saturated carbocycles. The van der Waals surface area contributed by atoms with Crippen molar-refractivity contribution in [2.24, 2.45) is 5.41 Å². The first-order valence-electron chi connectivity index (χ1n) is 11.6. The zero-order valence-electron chi connectivity index (χ0n) is 20.4. The first-order chi connectivity index (χ1) is 15.7. The molecule has 1 amide bonds. The molecule has 4 nitrogen and oxygen atoms in total. The Hall–Kier alpha value is -3.40. The topological polar surface area (TPSA) is 46.9 Å². The molecule has 172 valence electrons. The monoisotopic (exact) mass is 441 g/mol. The number of anilines is 1. The van der Waals surface area contributed by atoms with Crippen LogP contribution in [0.15, 0.2) is 102 Å². The lowest BCUT2D eigenvalue weighted by Crippen LogP contribution is -2.19. The molecule has 0 fully saturated rings. The molecule has 4 heteroatoms. The fraction of sp³-hybridized carbons (Fsp3) is 0.310. The lowest BCUT2D eigenvalue weighted by Gasteiger charge is -2.32. The van der Waals surface area contributed by atoms with Gasteiger partial charge in [-0.2, -0.15) is 0 Å². The molecule has 0 radical (unpaired) electrons. The zero-order chi connectivity index (χ0) is 23.8. The third kappa shape index (κ3) is 7.04. The number of hydrogen-bond acceptors (Lipinski definition) is 2. The Morgan fingerprint density at radius 1 is 1.12 bits per heavy atom. The quantitative estimate of drug-likeness (QED) is 0.361. The van der Waals surface area contributed by atoms with Gasteiger partial charge in [-0.15, -0.1) is 0 Å². The maximum absolute atomic E-state index is 12.3. The number of allylic oxidation sites excluding steroid dienone is 9. The lowest BCUT2D eigenvalue weighted by molar-refractivity contribution is -0.111. The average Bonchev–Trinajstić information content (AvgIpc) is 3.28. The number of carbonyl (C=O) groups excluding carboxylic acids is 1. The molecule has 1 aromatic heterocycles. The number of carbonyl (C=O) groups is 1. The molecule has 33 heavy (non-hydrogen) atoms. The molecule has 0 aliphatic heterocycles. The van der Waals surface area contributed by atoms with Gasteiger partial charge < -0.3 is 9.88 Å². The Bertz CT molecular complexity index is 1110. The van der Waals surface area contributed by atoms with Crippen LogP contribution in [-0.2, 0) is 4.79 Å². The summed E-state index contributed by atoms with van der Waals surface area (Å²) in [5.74, 6) is -0.143. The number of rotatable bonds is 7. The minimum absolute atomic E-state index is 0.143. The van der Waals surface area contributed by atoms with Gasteiger partial charge in [0, 0.05) is 29.8 Å². The summed E-state index contributed by atoms with van der Waals surface area (Å²) in [7, 11) is 0. The van der Waals surface area contributed by atoms with Crippen molar-refractivity contribution in [3.05, 3.63) is 102 Å². The van der Waals surface area contributed by atoms with E-state index in [2.05, 4.69) is 56.2 Å². The average molecular weight is 442 g/mol. The number of nitrogens with zero attached hydrogens (tertiary/aromatic N) is 2. The van der Waals surface area contributed by atoms with E-state index in [4.69, 9.17) is 0 Å². The van der Waals surface area contributed by atoms with Gasteiger partial charge in [-0.25, -0.2) is 4.98 Å². The summed E-state index contributed by atoms with van der Waals surface area (Å²) < 4.78 is 1.92. The van der Waals surface area contributed by atoms with Gasteiger partial charge in [-0.1, -0.05) is 55.4 Å². The molecule has 0 bridgehead atoms. The van der Waals surface area contributed by atoms with E-state index in [0.29, 0.717) is 0 Å². The fourth-order valence-corrected chi connectivity index (χ4v) is 4.19. The van der Waals surface area contributed by atoms with Crippen LogP contribution in [0.2, 0.25) is 0 Å². The highest BCUT2D eigenvalue weighted by Gasteiger charge is 2.26. The minimum Gasteiger partial charge on any atom is -0.323 e. The second-order valence-electron chi connectivity index (χ2n) is 9.43. The van der Waals surface area contributed by atoms with Crippen molar-refractivity contribution in [1.29, 1.82) is 0 Å². The third-order valence-electron chi connectivity index (χ3n) is 6.07. The van der Waals surface area contributed by atoms with E-state index in [0.717, 1.165) is 16.9 Å². The Labute approximate surface area is 198 Å². The van der Waals surface area contributed by atoms with Gasteiger partial charge in [0.25, 0.3) is 0 Å². The number of hydrogen-bond donors (Lipinski definition) is 1. The SMILES string of the molecule is CC1=C(/C=C/C(C)=C/C=C/C(C)=C/C(=O)Nc2ccc(-n3ccnc3)cc2)C(C)(C)CCC1. The molecule has 3 rings (SSSR count). The van der Waals surface area contributed by atoms with E-state index >= 15 is 0 Å². The number of nitrogens with one attached hydrogen (secondary N) is 1. The van der Waals surface area contributed by atoms with Crippen LogP contribution in [0.1, 0.15) is 53.9 Å². The highest BCUT2D eigenvalue weighted by atomic mass is 16.1. The summed E-state index contributed by atoms with van der Waals surface area (Å²) in [6.45, 7) is 11.0. The molecule has 2 aromatic rings. The first kappa shape index (κ1) is 24.2.